The van der Waals surface area contributed by atoms with E-state index in [1.165, 1.54) is 0 Å². The summed E-state index contributed by atoms with van der Waals surface area (Å²) in [6.07, 6.45) is 1.55. The van der Waals surface area contributed by atoms with Crippen molar-refractivity contribution in [3.63, 3.8) is 0 Å². The summed E-state index contributed by atoms with van der Waals surface area (Å²) in [4.78, 5) is 13.3. The van der Waals surface area contributed by atoms with Crippen molar-refractivity contribution in [2.45, 2.75) is 38.8 Å². The van der Waals surface area contributed by atoms with E-state index in [2.05, 4.69) is 0 Å². The normalized spacial score (nSPS) is 24.3. The largest absolute Gasteiger partial charge is 0.508 e. The topological polar surface area (TPSA) is 60.8 Å². The van der Waals surface area contributed by atoms with Gasteiger partial charge in [0.2, 0.25) is 0 Å². The Hall–Kier alpha value is -1.55. The molecule has 0 amide bonds. The molecule has 1 aliphatic rings. The molecular weight excluding hydrogens is 230 g/mol. The summed E-state index contributed by atoms with van der Waals surface area (Å²) >= 11 is 0. The fourth-order valence-corrected chi connectivity index (χ4v) is 2.56. The zero-order valence-electron chi connectivity index (χ0n) is 10.8. The van der Waals surface area contributed by atoms with Crippen LogP contribution in [-0.4, -0.2) is 33.2 Å². The Kier molecular flexibility index (Phi) is 3.30. The van der Waals surface area contributed by atoms with E-state index < -0.39 is 11.5 Å². The van der Waals surface area contributed by atoms with Crippen LogP contribution < -0.4 is 0 Å². The number of likely N-dealkylation sites (tertiary alicyclic amines) is 1. The highest BCUT2D eigenvalue weighted by atomic mass is 16.4. The first kappa shape index (κ1) is 12.9. The Morgan fingerprint density at radius 3 is 2.89 bits per heavy atom. The van der Waals surface area contributed by atoms with Gasteiger partial charge in [0.1, 0.15) is 11.3 Å². The lowest BCUT2D eigenvalue weighted by molar-refractivity contribution is -0.148. The summed E-state index contributed by atoms with van der Waals surface area (Å²) in [5.74, 6) is -0.549. The molecule has 1 heterocycles. The first-order valence-electron chi connectivity index (χ1n) is 6.20. The van der Waals surface area contributed by atoms with Crippen LogP contribution in [0.4, 0.5) is 0 Å². The number of carboxylic acid groups (broad SMARTS) is 1. The third-order valence-corrected chi connectivity index (χ3v) is 3.85. The van der Waals surface area contributed by atoms with E-state index in [4.69, 9.17) is 0 Å². The molecule has 18 heavy (non-hydrogen) atoms. The van der Waals surface area contributed by atoms with Crippen molar-refractivity contribution < 1.29 is 15.0 Å². The summed E-state index contributed by atoms with van der Waals surface area (Å²) in [6, 6.07) is 5.42. The Balaban J connectivity index is 2.23. The SMILES string of the molecule is Cc1ccc(O)c(CN2CCCC2(C)C(=O)O)c1. The molecule has 1 aromatic rings. The molecule has 1 fully saturated rings. The maximum atomic E-state index is 11.4. The second kappa shape index (κ2) is 4.61. The summed E-state index contributed by atoms with van der Waals surface area (Å²) in [5, 5.41) is 19.2. The Bertz CT molecular complexity index is 472. The highest BCUT2D eigenvalue weighted by molar-refractivity contribution is 5.78. The van der Waals surface area contributed by atoms with Crippen molar-refractivity contribution in [3.8, 4) is 5.75 Å². The molecule has 0 spiro atoms. The van der Waals surface area contributed by atoms with E-state index in [-0.39, 0.29) is 5.75 Å². The Labute approximate surface area is 107 Å². The molecule has 2 N–H and O–H groups in total. The van der Waals surface area contributed by atoms with Gasteiger partial charge in [-0.25, -0.2) is 0 Å². The molecule has 1 unspecified atom stereocenters. The second-order valence-corrected chi connectivity index (χ2v) is 5.24. The van der Waals surface area contributed by atoms with Crippen molar-refractivity contribution in [1.82, 2.24) is 4.90 Å². The van der Waals surface area contributed by atoms with Gasteiger partial charge in [-0.05, 0) is 39.3 Å². The average molecular weight is 249 g/mol. The minimum absolute atomic E-state index is 0.236. The number of benzene rings is 1. The molecule has 1 atom stereocenters. The summed E-state index contributed by atoms with van der Waals surface area (Å²) in [5.41, 5.74) is 1.05. The average Bonchev–Trinajstić information content (AvgIpc) is 2.67. The monoisotopic (exact) mass is 249 g/mol. The van der Waals surface area contributed by atoms with Gasteiger partial charge < -0.3 is 10.2 Å². The number of phenols is 1. The number of phenolic OH excluding ortho intramolecular Hbond substituents is 1. The minimum Gasteiger partial charge on any atom is -0.508 e. The number of hydrogen-bond donors (Lipinski definition) is 2. The lowest BCUT2D eigenvalue weighted by Crippen LogP contribution is -2.47. The van der Waals surface area contributed by atoms with Crippen molar-refractivity contribution in [2.24, 2.45) is 0 Å². The molecule has 0 aliphatic carbocycles. The molecule has 1 saturated heterocycles. The quantitative estimate of drug-likeness (QED) is 0.861. The molecule has 2 rings (SSSR count). The van der Waals surface area contributed by atoms with E-state index in [1.54, 1.807) is 13.0 Å². The molecule has 98 valence electrons. The van der Waals surface area contributed by atoms with Gasteiger partial charge >= 0.3 is 5.97 Å². The van der Waals surface area contributed by atoms with Crippen LogP contribution >= 0.6 is 0 Å². The molecule has 1 aromatic carbocycles. The van der Waals surface area contributed by atoms with E-state index in [0.29, 0.717) is 13.0 Å². The third kappa shape index (κ3) is 2.20. The smallest absolute Gasteiger partial charge is 0.323 e. The maximum absolute atomic E-state index is 11.4. The van der Waals surface area contributed by atoms with Gasteiger partial charge in [0.05, 0.1) is 0 Å². The molecule has 0 radical (unpaired) electrons. The number of hydrogen-bond acceptors (Lipinski definition) is 3. The second-order valence-electron chi connectivity index (χ2n) is 5.24. The summed E-state index contributed by atoms with van der Waals surface area (Å²) < 4.78 is 0. The molecule has 4 nitrogen and oxygen atoms in total. The van der Waals surface area contributed by atoms with Crippen LogP contribution in [0.1, 0.15) is 30.9 Å². The van der Waals surface area contributed by atoms with Crippen LogP contribution in [0.25, 0.3) is 0 Å². The number of aliphatic carboxylic acids is 1. The van der Waals surface area contributed by atoms with Crippen molar-refractivity contribution in [2.75, 3.05) is 6.54 Å². The minimum atomic E-state index is -0.809. The van der Waals surface area contributed by atoms with Crippen LogP contribution in [0.5, 0.6) is 5.75 Å². The molecule has 1 aliphatic heterocycles. The predicted octanol–water partition coefficient (Wildman–Crippen LogP) is 2.14. The molecular formula is C14H19NO3. The number of rotatable bonds is 3. The van der Waals surface area contributed by atoms with E-state index >= 15 is 0 Å². The van der Waals surface area contributed by atoms with Gasteiger partial charge in [0, 0.05) is 12.1 Å². The lowest BCUT2D eigenvalue weighted by Gasteiger charge is -2.31. The fraction of sp³-hybridized carbons (Fsp3) is 0.500. The number of carboxylic acids is 1. The summed E-state index contributed by atoms with van der Waals surface area (Å²) in [6.45, 7) is 4.96. The summed E-state index contributed by atoms with van der Waals surface area (Å²) in [7, 11) is 0. The van der Waals surface area contributed by atoms with Crippen molar-refractivity contribution >= 4 is 5.97 Å². The maximum Gasteiger partial charge on any atom is 0.323 e. The van der Waals surface area contributed by atoms with Crippen molar-refractivity contribution in [1.29, 1.82) is 0 Å². The lowest BCUT2D eigenvalue weighted by atomic mass is 9.98. The van der Waals surface area contributed by atoms with Crippen LogP contribution in [0.2, 0.25) is 0 Å². The molecule has 0 aromatic heterocycles. The number of aromatic hydroxyl groups is 1. The molecule has 0 saturated carbocycles. The van der Waals surface area contributed by atoms with Gasteiger partial charge in [-0.15, -0.1) is 0 Å². The zero-order chi connectivity index (χ0) is 13.3. The van der Waals surface area contributed by atoms with Gasteiger partial charge in [-0.1, -0.05) is 17.7 Å². The number of carbonyl (C=O) groups is 1. The van der Waals surface area contributed by atoms with E-state index in [1.807, 2.05) is 24.0 Å². The first-order chi connectivity index (χ1) is 8.43. The van der Waals surface area contributed by atoms with E-state index in [0.717, 1.165) is 24.1 Å². The first-order valence-corrected chi connectivity index (χ1v) is 6.20. The van der Waals surface area contributed by atoms with Crippen LogP contribution in [0, 0.1) is 6.92 Å². The zero-order valence-corrected chi connectivity index (χ0v) is 10.8. The van der Waals surface area contributed by atoms with Gasteiger partial charge in [-0.2, -0.15) is 0 Å². The van der Waals surface area contributed by atoms with Gasteiger partial charge in [0.15, 0.2) is 0 Å². The van der Waals surface area contributed by atoms with Gasteiger partial charge in [0.25, 0.3) is 0 Å². The Morgan fingerprint density at radius 1 is 1.50 bits per heavy atom. The standard InChI is InChI=1S/C14H19NO3/c1-10-4-5-12(16)11(8-10)9-15-7-3-6-14(15,2)13(17)18/h4-5,8,16H,3,6-7,9H2,1-2H3,(H,17,18). The third-order valence-electron chi connectivity index (χ3n) is 3.85. The highest BCUT2D eigenvalue weighted by Gasteiger charge is 2.43. The van der Waals surface area contributed by atoms with Crippen LogP contribution in [0.3, 0.4) is 0 Å². The fourth-order valence-electron chi connectivity index (χ4n) is 2.56. The predicted molar refractivity (Wildman–Crippen MR) is 68.5 cm³/mol. The molecule has 0 bridgehead atoms. The Morgan fingerprint density at radius 2 is 2.22 bits per heavy atom. The van der Waals surface area contributed by atoms with E-state index in [9.17, 15) is 15.0 Å². The van der Waals surface area contributed by atoms with Gasteiger partial charge in [-0.3, -0.25) is 9.69 Å². The van der Waals surface area contributed by atoms with Crippen molar-refractivity contribution in [3.05, 3.63) is 29.3 Å². The highest BCUT2D eigenvalue weighted by Crippen LogP contribution is 2.32. The van der Waals surface area contributed by atoms with Crippen LogP contribution in [0.15, 0.2) is 18.2 Å². The number of nitrogens with zero attached hydrogens (tertiary/aromatic N) is 1. The number of aryl methyl sites for hydroxylation is 1. The van der Waals surface area contributed by atoms with Crippen LogP contribution in [-0.2, 0) is 11.3 Å². The molecule has 4 heteroatoms.